The lowest BCUT2D eigenvalue weighted by Gasteiger charge is -2.11. The minimum absolute atomic E-state index is 0.178. The van der Waals surface area contributed by atoms with Gasteiger partial charge in [-0.15, -0.1) is 0 Å². The molecule has 0 atom stereocenters. The van der Waals surface area contributed by atoms with Crippen LogP contribution in [-0.2, 0) is 9.53 Å². The summed E-state index contributed by atoms with van der Waals surface area (Å²) >= 11 is 0. The third-order valence-electron chi connectivity index (χ3n) is 3.07. The molecule has 0 aromatic heterocycles. The van der Waals surface area contributed by atoms with Gasteiger partial charge < -0.3 is 15.4 Å². The standard InChI is InChI=1S/C17H16F2N2O3/c1-2-24-17(23)12-5-3-4-6-15(12)21-16(22)10-20-11-7-8-13(18)14(19)9-11/h3-9,20H,2,10H2,1H3,(H,21,22). The Morgan fingerprint density at radius 2 is 1.83 bits per heavy atom. The third kappa shape index (κ3) is 4.52. The molecular formula is C17H16F2N2O3. The van der Waals surface area contributed by atoms with Crippen molar-refractivity contribution in [1.29, 1.82) is 0 Å². The summed E-state index contributed by atoms with van der Waals surface area (Å²) in [6.45, 7) is 1.73. The Kier molecular flexibility index (Phi) is 5.83. The van der Waals surface area contributed by atoms with E-state index in [2.05, 4.69) is 10.6 Å². The molecule has 2 aromatic rings. The summed E-state index contributed by atoms with van der Waals surface area (Å²) in [5, 5.41) is 5.25. The number of para-hydroxylation sites is 1. The van der Waals surface area contributed by atoms with Crippen LogP contribution < -0.4 is 10.6 Å². The van der Waals surface area contributed by atoms with E-state index in [1.54, 1.807) is 25.1 Å². The number of halogens is 2. The minimum Gasteiger partial charge on any atom is -0.462 e. The Hall–Kier alpha value is -2.96. The van der Waals surface area contributed by atoms with Crippen molar-refractivity contribution in [2.45, 2.75) is 6.92 Å². The van der Waals surface area contributed by atoms with E-state index < -0.39 is 23.5 Å². The van der Waals surface area contributed by atoms with Crippen molar-refractivity contribution in [1.82, 2.24) is 0 Å². The fourth-order valence-electron chi connectivity index (χ4n) is 1.96. The van der Waals surface area contributed by atoms with Crippen molar-refractivity contribution >= 4 is 23.3 Å². The van der Waals surface area contributed by atoms with Crippen molar-refractivity contribution in [3.05, 3.63) is 59.7 Å². The maximum atomic E-state index is 13.1. The third-order valence-corrected chi connectivity index (χ3v) is 3.07. The van der Waals surface area contributed by atoms with E-state index >= 15 is 0 Å². The van der Waals surface area contributed by atoms with Gasteiger partial charge in [-0.05, 0) is 31.2 Å². The number of amides is 1. The largest absolute Gasteiger partial charge is 0.462 e. The Bertz CT molecular complexity index is 750. The van der Waals surface area contributed by atoms with Crippen LogP contribution in [0, 0.1) is 11.6 Å². The second-order valence-corrected chi connectivity index (χ2v) is 4.80. The summed E-state index contributed by atoms with van der Waals surface area (Å²) < 4.78 is 30.9. The lowest BCUT2D eigenvalue weighted by atomic mass is 10.2. The van der Waals surface area contributed by atoms with Crippen molar-refractivity contribution in [2.75, 3.05) is 23.8 Å². The zero-order valence-electron chi connectivity index (χ0n) is 12.9. The molecule has 24 heavy (non-hydrogen) atoms. The molecule has 0 aliphatic rings. The number of rotatable bonds is 6. The zero-order valence-corrected chi connectivity index (χ0v) is 12.9. The minimum atomic E-state index is -1.01. The van der Waals surface area contributed by atoms with Crippen molar-refractivity contribution in [2.24, 2.45) is 0 Å². The molecule has 0 aliphatic heterocycles. The molecular weight excluding hydrogens is 318 g/mol. The molecule has 2 N–H and O–H groups in total. The first-order chi connectivity index (χ1) is 11.5. The molecule has 0 heterocycles. The van der Waals surface area contributed by atoms with E-state index in [9.17, 15) is 18.4 Å². The summed E-state index contributed by atoms with van der Waals surface area (Å²) in [6, 6.07) is 9.67. The Labute approximate surface area is 137 Å². The smallest absolute Gasteiger partial charge is 0.340 e. The Morgan fingerprint density at radius 3 is 2.54 bits per heavy atom. The van der Waals surface area contributed by atoms with E-state index in [0.717, 1.165) is 12.1 Å². The molecule has 5 nitrogen and oxygen atoms in total. The average molecular weight is 334 g/mol. The molecule has 0 unspecified atom stereocenters. The second-order valence-electron chi connectivity index (χ2n) is 4.80. The molecule has 1 amide bonds. The molecule has 0 aliphatic carbocycles. The number of benzene rings is 2. The van der Waals surface area contributed by atoms with E-state index in [1.807, 2.05) is 0 Å². The van der Waals surface area contributed by atoms with Crippen molar-refractivity contribution in [3.63, 3.8) is 0 Å². The Balaban J connectivity index is 1.99. The van der Waals surface area contributed by atoms with Gasteiger partial charge in [0.25, 0.3) is 0 Å². The van der Waals surface area contributed by atoms with Crippen LogP contribution in [0.1, 0.15) is 17.3 Å². The molecule has 0 radical (unpaired) electrons. The summed E-state index contributed by atoms with van der Waals surface area (Å²) in [4.78, 5) is 23.8. The monoisotopic (exact) mass is 334 g/mol. The lowest BCUT2D eigenvalue weighted by molar-refractivity contribution is -0.114. The zero-order chi connectivity index (χ0) is 17.5. The predicted molar refractivity (Wildman–Crippen MR) is 85.9 cm³/mol. The van der Waals surface area contributed by atoms with Gasteiger partial charge in [-0.3, -0.25) is 4.79 Å². The van der Waals surface area contributed by atoms with Crippen molar-refractivity contribution < 1.29 is 23.1 Å². The number of hydrogen-bond donors (Lipinski definition) is 2. The van der Waals surface area contributed by atoms with Gasteiger partial charge in [0.15, 0.2) is 11.6 Å². The maximum Gasteiger partial charge on any atom is 0.340 e. The molecule has 0 saturated carbocycles. The molecule has 0 fully saturated rings. The highest BCUT2D eigenvalue weighted by atomic mass is 19.2. The molecule has 126 valence electrons. The van der Waals surface area contributed by atoms with Crippen LogP contribution in [0.15, 0.2) is 42.5 Å². The number of carbonyl (C=O) groups excluding carboxylic acids is 2. The van der Waals surface area contributed by atoms with Crippen LogP contribution in [0.4, 0.5) is 20.2 Å². The highest BCUT2D eigenvalue weighted by Gasteiger charge is 2.13. The van der Waals surface area contributed by atoms with E-state index in [0.29, 0.717) is 5.69 Å². The van der Waals surface area contributed by atoms with Crippen LogP contribution in [0.2, 0.25) is 0 Å². The van der Waals surface area contributed by atoms with Gasteiger partial charge in [-0.25, -0.2) is 13.6 Å². The van der Waals surface area contributed by atoms with Crippen molar-refractivity contribution in [3.8, 4) is 0 Å². The number of ether oxygens (including phenoxy) is 1. The number of nitrogens with one attached hydrogen (secondary N) is 2. The summed E-state index contributed by atoms with van der Waals surface area (Å²) in [6.07, 6.45) is 0. The van der Waals surface area contributed by atoms with Gasteiger partial charge in [0.2, 0.25) is 5.91 Å². The fraction of sp³-hybridized carbons (Fsp3) is 0.176. The van der Waals surface area contributed by atoms with Gasteiger partial charge in [-0.2, -0.15) is 0 Å². The van der Waals surface area contributed by atoms with Crippen LogP contribution >= 0.6 is 0 Å². The van der Waals surface area contributed by atoms with Crippen LogP contribution in [0.25, 0.3) is 0 Å². The van der Waals surface area contributed by atoms with Gasteiger partial charge in [0, 0.05) is 11.8 Å². The molecule has 0 saturated heterocycles. The van der Waals surface area contributed by atoms with E-state index in [4.69, 9.17) is 4.74 Å². The molecule has 2 aromatic carbocycles. The molecule has 7 heteroatoms. The summed E-state index contributed by atoms with van der Waals surface area (Å²) in [7, 11) is 0. The van der Waals surface area contributed by atoms with Gasteiger partial charge >= 0.3 is 5.97 Å². The number of hydrogen-bond acceptors (Lipinski definition) is 4. The van der Waals surface area contributed by atoms with Crippen LogP contribution in [-0.4, -0.2) is 25.0 Å². The highest BCUT2D eigenvalue weighted by Crippen LogP contribution is 2.17. The lowest BCUT2D eigenvalue weighted by Crippen LogP contribution is -2.23. The summed E-state index contributed by atoms with van der Waals surface area (Å²) in [5.41, 5.74) is 0.816. The van der Waals surface area contributed by atoms with Gasteiger partial charge in [0.1, 0.15) is 0 Å². The quantitative estimate of drug-likeness (QED) is 0.796. The molecule has 0 bridgehead atoms. The number of esters is 1. The SMILES string of the molecule is CCOC(=O)c1ccccc1NC(=O)CNc1ccc(F)c(F)c1. The number of carbonyl (C=O) groups is 2. The van der Waals surface area contributed by atoms with E-state index in [1.165, 1.54) is 12.1 Å². The summed E-state index contributed by atoms with van der Waals surface area (Å²) in [5.74, 6) is -2.96. The topological polar surface area (TPSA) is 67.4 Å². The van der Waals surface area contributed by atoms with Crippen LogP contribution in [0.5, 0.6) is 0 Å². The first-order valence-corrected chi connectivity index (χ1v) is 7.26. The van der Waals surface area contributed by atoms with Crippen LogP contribution in [0.3, 0.4) is 0 Å². The van der Waals surface area contributed by atoms with Gasteiger partial charge in [-0.1, -0.05) is 12.1 Å². The second kappa shape index (κ2) is 8.05. The first kappa shape index (κ1) is 17.4. The first-order valence-electron chi connectivity index (χ1n) is 7.26. The van der Waals surface area contributed by atoms with Gasteiger partial charge in [0.05, 0.1) is 24.4 Å². The molecule has 2 rings (SSSR count). The predicted octanol–water partition coefficient (Wildman–Crippen LogP) is 3.19. The Morgan fingerprint density at radius 1 is 1.08 bits per heavy atom. The van der Waals surface area contributed by atoms with E-state index in [-0.39, 0.29) is 24.4 Å². The molecule has 0 spiro atoms. The normalized spacial score (nSPS) is 10.1. The number of anilines is 2. The fourth-order valence-corrected chi connectivity index (χ4v) is 1.96. The average Bonchev–Trinajstić information content (AvgIpc) is 2.56. The maximum absolute atomic E-state index is 13.1. The highest BCUT2D eigenvalue weighted by molar-refractivity contribution is 6.02.